The Morgan fingerprint density at radius 1 is 1.11 bits per heavy atom. The second kappa shape index (κ2) is 8.39. The summed E-state index contributed by atoms with van der Waals surface area (Å²) in [7, 11) is 0. The van der Waals surface area contributed by atoms with Crippen LogP contribution in [0.1, 0.15) is 43.0 Å². The molecule has 2 saturated heterocycles. The van der Waals surface area contributed by atoms with Gasteiger partial charge in [0, 0.05) is 37.2 Å². The fraction of sp³-hybridized carbons (Fsp3) is 0.619. The summed E-state index contributed by atoms with van der Waals surface area (Å²) in [4.78, 5) is 29.2. The summed E-state index contributed by atoms with van der Waals surface area (Å²) in [5.41, 5.74) is 0.702. The van der Waals surface area contributed by atoms with Crippen molar-refractivity contribution in [1.82, 2.24) is 9.80 Å². The smallest absolute Gasteiger partial charge is 0.409 e. The molecule has 2 fully saturated rings. The largest absolute Gasteiger partial charge is 0.454 e. The van der Waals surface area contributed by atoms with Crippen LogP contribution in [-0.2, 0) is 4.74 Å². The lowest BCUT2D eigenvalue weighted by Gasteiger charge is -2.41. The van der Waals surface area contributed by atoms with Crippen molar-refractivity contribution in [2.75, 3.05) is 39.6 Å². The Hall–Kier alpha value is -2.28. The molecule has 7 nitrogen and oxygen atoms in total. The number of ketones is 1. The summed E-state index contributed by atoms with van der Waals surface area (Å²) in [6.45, 7) is 5.72. The molecule has 4 rings (SSSR count). The van der Waals surface area contributed by atoms with E-state index in [4.69, 9.17) is 14.2 Å². The molecule has 0 spiro atoms. The standard InChI is InChI=1S/C21H28N2O5/c1-2-26-21(25)22-10-7-17(8-11-22)23-9-3-4-16(13-23)20(24)15-5-6-18-19(12-15)28-14-27-18/h5-6,12,16-17H,2-4,7-11,13-14H2,1H3/t16-/m0/s1. The first-order valence-electron chi connectivity index (χ1n) is 10.3. The minimum absolute atomic E-state index is 0.0113. The van der Waals surface area contributed by atoms with Gasteiger partial charge in [0.25, 0.3) is 0 Å². The maximum atomic E-state index is 13.0. The number of ether oxygens (including phenoxy) is 3. The molecule has 0 radical (unpaired) electrons. The van der Waals surface area contributed by atoms with E-state index < -0.39 is 0 Å². The van der Waals surface area contributed by atoms with Gasteiger partial charge in [-0.25, -0.2) is 4.79 Å². The summed E-state index contributed by atoms with van der Waals surface area (Å²) in [5, 5.41) is 0. The van der Waals surface area contributed by atoms with Crippen LogP contribution in [0.15, 0.2) is 18.2 Å². The lowest BCUT2D eigenvalue weighted by molar-refractivity contribution is 0.0532. The quantitative estimate of drug-likeness (QED) is 0.739. The number of likely N-dealkylation sites (tertiary alicyclic amines) is 2. The topological polar surface area (TPSA) is 68.3 Å². The molecule has 0 aromatic heterocycles. The van der Waals surface area contributed by atoms with E-state index in [1.165, 1.54) is 0 Å². The Morgan fingerprint density at radius 3 is 2.68 bits per heavy atom. The number of fused-ring (bicyclic) bond motifs is 1. The molecule has 1 atom stereocenters. The molecular formula is C21H28N2O5. The Kier molecular flexibility index (Phi) is 5.71. The van der Waals surface area contributed by atoms with Gasteiger partial charge in [-0.3, -0.25) is 9.69 Å². The first kappa shape index (κ1) is 19.1. The van der Waals surface area contributed by atoms with E-state index in [1.807, 2.05) is 19.1 Å². The third-order valence-corrected chi connectivity index (χ3v) is 5.99. The third kappa shape index (κ3) is 3.94. The van der Waals surface area contributed by atoms with Gasteiger partial charge >= 0.3 is 6.09 Å². The van der Waals surface area contributed by atoms with Crippen LogP contribution in [0.3, 0.4) is 0 Å². The summed E-state index contributed by atoms with van der Waals surface area (Å²) in [6.07, 6.45) is 3.60. The minimum Gasteiger partial charge on any atom is -0.454 e. The minimum atomic E-state index is -0.213. The predicted octanol–water partition coefficient (Wildman–Crippen LogP) is 2.93. The molecule has 152 valence electrons. The van der Waals surface area contributed by atoms with Crippen molar-refractivity contribution in [3.05, 3.63) is 23.8 Å². The first-order chi connectivity index (χ1) is 13.7. The van der Waals surface area contributed by atoms with E-state index in [2.05, 4.69) is 4.90 Å². The van der Waals surface area contributed by atoms with E-state index >= 15 is 0 Å². The third-order valence-electron chi connectivity index (χ3n) is 5.99. The molecule has 1 aromatic carbocycles. The fourth-order valence-electron chi connectivity index (χ4n) is 4.47. The van der Waals surface area contributed by atoms with Crippen molar-refractivity contribution < 1.29 is 23.8 Å². The molecule has 3 aliphatic rings. The molecule has 0 aliphatic carbocycles. The summed E-state index contributed by atoms with van der Waals surface area (Å²) in [6, 6.07) is 5.90. The van der Waals surface area contributed by atoms with Crippen molar-refractivity contribution in [1.29, 1.82) is 0 Å². The van der Waals surface area contributed by atoms with Crippen LogP contribution in [0, 0.1) is 5.92 Å². The Balaban J connectivity index is 1.34. The molecule has 28 heavy (non-hydrogen) atoms. The van der Waals surface area contributed by atoms with Crippen LogP contribution >= 0.6 is 0 Å². The van der Waals surface area contributed by atoms with Gasteiger partial charge in [0.2, 0.25) is 6.79 Å². The Morgan fingerprint density at radius 2 is 1.89 bits per heavy atom. The van der Waals surface area contributed by atoms with Gasteiger partial charge in [-0.05, 0) is 57.4 Å². The second-order valence-electron chi connectivity index (χ2n) is 7.68. The highest BCUT2D eigenvalue weighted by atomic mass is 16.7. The molecule has 0 unspecified atom stereocenters. The van der Waals surface area contributed by atoms with Crippen LogP contribution in [0.5, 0.6) is 11.5 Å². The van der Waals surface area contributed by atoms with E-state index in [1.54, 1.807) is 11.0 Å². The molecule has 7 heteroatoms. The number of amides is 1. The monoisotopic (exact) mass is 388 g/mol. The molecule has 3 aliphatic heterocycles. The zero-order valence-corrected chi connectivity index (χ0v) is 16.4. The molecule has 0 bridgehead atoms. The van der Waals surface area contributed by atoms with Crippen LogP contribution in [0.25, 0.3) is 0 Å². The number of piperidine rings is 2. The lowest BCUT2D eigenvalue weighted by atomic mass is 9.88. The molecule has 3 heterocycles. The van der Waals surface area contributed by atoms with Crippen LogP contribution in [0.4, 0.5) is 4.79 Å². The zero-order chi connectivity index (χ0) is 19.5. The van der Waals surface area contributed by atoms with Crippen molar-refractivity contribution in [2.45, 2.75) is 38.6 Å². The van der Waals surface area contributed by atoms with Gasteiger partial charge in [0.1, 0.15) is 0 Å². The summed E-state index contributed by atoms with van der Waals surface area (Å²) >= 11 is 0. The zero-order valence-electron chi connectivity index (χ0n) is 16.4. The number of hydrogen-bond donors (Lipinski definition) is 0. The fourth-order valence-corrected chi connectivity index (χ4v) is 4.47. The normalized spacial score (nSPS) is 22.9. The lowest BCUT2D eigenvalue weighted by Crippen LogP contribution is -2.50. The van der Waals surface area contributed by atoms with E-state index in [9.17, 15) is 9.59 Å². The molecular weight excluding hydrogens is 360 g/mol. The highest BCUT2D eigenvalue weighted by Crippen LogP contribution is 2.34. The Bertz CT molecular complexity index is 730. The number of Topliss-reactive ketones (excluding diaryl/α,β-unsaturated/α-hetero) is 1. The van der Waals surface area contributed by atoms with Gasteiger partial charge in [-0.15, -0.1) is 0 Å². The molecule has 1 aromatic rings. The van der Waals surface area contributed by atoms with Gasteiger partial charge < -0.3 is 19.1 Å². The summed E-state index contributed by atoms with van der Waals surface area (Å²) < 4.78 is 15.9. The number of hydrogen-bond acceptors (Lipinski definition) is 6. The average Bonchev–Trinajstić information content (AvgIpc) is 3.21. The van der Waals surface area contributed by atoms with E-state index in [0.717, 1.165) is 51.9 Å². The first-order valence-corrected chi connectivity index (χ1v) is 10.3. The number of rotatable bonds is 4. The van der Waals surface area contributed by atoms with Gasteiger partial charge in [0.15, 0.2) is 17.3 Å². The molecule has 0 N–H and O–H groups in total. The van der Waals surface area contributed by atoms with Gasteiger partial charge in [0.05, 0.1) is 6.61 Å². The van der Waals surface area contributed by atoms with Crippen LogP contribution in [0.2, 0.25) is 0 Å². The maximum Gasteiger partial charge on any atom is 0.409 e. The highest BCUT2D eigenvalue weighted by Gasteiger charge is 2.33. The average molecular weight is 388 g/mol. The van der Waals surface area contributed by atoms with Crippen molar-refractivity contribution in [3.8, 4) is 11.5 Å². The van der Waals surface area contributed by atoms with Crippen molar-refractivity contribution in [2.24, 2.45) is 5.92 Å². The number of benzene rings is 1. The van der Waals surface area contributed by atoms with E-state index in [0.29, 0.717) is 29.7 Å². The van der Waals surface area contributed by atoms with E-state index in [-0.39, 0.29) is 24.6 Å². The van der Waals surface area contributed by atoms with Gasteiger partial charge in [-0.2, -0.15) is 0 Å². The second-order valence-corrected chi connectivity index (χ2v) is 7.68. The SMILES string of the molecule is CCOC(=O)N1CCC(N2CCC[C@H](C(=O)c3ccc4c(c3)OCO4)C2)CC1. The van der Waals surface area contributed by atoms with Crippen LogP contribution < -0.4 is 9.47 Å². The van der Waals surface area contributed by atoms with Crippen LogP contribution in [-0.4, -0.2) is 67.3 Å². The molecule has 0 saturated carbocycles. The Labute approximate surface area is 165 Å². The van der Waals surface area contributed by atoms with Crippen molar-refractivity contribution >= 4 is 11.9 Å². The predicted molar refractivity (Wildman–Crippen MR) is 103 cm³/mol. The number of carbonyl (C=O) groups is 2. The van der Waals surface area contributed by atoms with Crippen molar-refractivity contribution in [3.63, 3.8) is 0 Å². The number of nitrogens with zero attached hydrogens (tertiary/aromatic N) is 2. The highest BCUT2D eigenvalue weighted by molar-refractivity contribution is 5.98. The number of carbonyl (C=O) groups excluding carboxylic acids is 2. The summed E-state index contributed by atoms with van der Waals surface area (Å²) in [5.74, 6) is 1.56. The maximum absolute atomic E-state index is 13.0. The molecule has 1 amide bonds. The van der Waals surface area contributed by atoms with Gasteiger partial charge in [-0.1, -0.05) is 0 Å².